The first-order chi connectivity index (χ1) is 15.0. The Morgan fingerprint density at radius 1 is 1.10 bits per heavy atom. The highest BCUT2D eigenvalue weighted by atomic mass is 32.1. The van der Waals surface area contributed by atoms with Crippen LogP contribution in [0.5, 0.6) is 5.75 Å². The highest BCUT2D eigenvalue weighted by molar-refractivity contribution is 7.13. The van der Waals surface area contributed by atoms with E-state index in [4.69, 9.17) is 9.47 Å². The lowest BCUT2D eigenvalue weighted by atomic mass is 10.2. The zero-order valence-electron chi connectivity index (χ0n) is 16.8. The Morgan fingerprint density at radius 3 is 2.68 bits per heavy atom. The highest BCUT2D eigenvalue weighted by Gasteiger charge is 2.14. The third-order valence-electron chi connectivity index (χ3n) is 4.03. The maximum atomic E-state index is 12.9. The van der Waals surface area contributed by atoms with Gasteiger partial charge < -0.3 is 20.1 Å². The third-order valence-corrected chi connectivity index (χ3v) is 4.93. The Balaban J connectivity index is 1.54. The molecule has 10 heteroatoms. The number of benzene rings is 2. The van der Waals surface area contributed by atoms with Gasteiger partial charge in [0.1, 0.15) is 18.2 Å². The molecular weight excluding hydrogens is 423 g/mol. The maximum Gasteiger partial charge on any atom is 0.286 e. The molecule has 31 heavy (non-hydrogen) atoms. The van der Waals surface area contributed by atoms with E-state index in [0.717, 1.165) is 11.3 Å². The number of hydrogen-bond acceptors (Lipinski definition) is 7. The Hall–Kier alpha value is -3.37. The molecule has 0 bridgehead atoms. The largest absolute Gasteiger partial charge is 0.486 e. The summed E-state index contributed by atoms with van der Waals surface area (Å²) < 4.78 is 23.4. The molecule has 0 atom stereocenters. The first kappa shape index (κ1) is 22.3. The van der Waals surface area contributed by atoms with Gasteiger partial charge in [0, 0.05) is 31.5 Å². The summed E-state index contributed by atoms with van der Waals surface area (Å²) >= 11 is 1.08. The van der Waals surface area contributed by atoms with Crippen LogP contribution in [-0.4, -0.2) is 42.3 Å². The van der Waals surface area contributed by atoms with Crippen LogP contribution in [0, 0.1) is 5.82 Å². The molecule has 0 spiro atoms. The molecule has 2 amide bonds. The molecule has 3 aromatic rings. The highest BCUT2D eigenvalue weighted by Crippen LogP contribution is 2.18. The number of carbonyl (C=O) groups is 2. The minimum Gasteiger partial charge on any atom is -0.486 e. The van der Waals surface area contributed by atoms with Crippen LogP contribution in [0.4, 0.5) is 10.1 Å². The van der Waals surface area contributed by atoms with E-state index in [0.29, 0.717) is 41.6 Å². The van der Waals surface area contributed by atoms with Crippen molar-refractivity contribution in [3.05, 3.63) is 69.9 Å². The second kappa shape index (κ2) is 11.1. The summed E-state index contributed by atoms with van der Waals surface area (Å²) in [6.45, 7) is 1.17. The monoisotopic (exact) mass is 444 g/mol. The van der Waals surface area contributed by atoms with E-state index in [2.05, 4.69) is 20.8 Å². The number of nitrogens with zero attached hydrogens (tertiary/aromatic N) is 2. The van der Waals surface area contributed by atoms with Crippen LogP contribution < -0.4 is 15.4 Å². The Kier molecular flexibility index (Phi) is 8.02. The zero-order valence-corrected chi connectivity index (χ0v) is 17.6. The molecule has 1 heterocycles. The van der Waals surface area contributed by atoms with E-state index in [1.807, 2.05) is 0 Å². The molecule has 0 fully saturated rings. The van der Waals surface area contributed by atoms with Crippen molar-refractivity contribution in [2.45, 2.75) is 13.0 Å². The molecule has 0 saturated heterocycles. The number of rotatable bonds is 10. The van der Waals surface area contributed by atoms with Crippen molar-refractivity contribution in [1.29, 1.82) is 0 Å². The summed E-state index contributed by atoms with van der Waals surface area (Å²) in [5, 5.41) is 14.0. The van der Waals surface area contributed by atoms with Gasteiger partial charge in [0.05, 0.1) is 0 Å². The van der Waals surface area contributed by atoms with E-state index in [1.54, 1.807) is 31.4 Å². The molecule has 0 unspecified atom stereocenters. The van der Waals surface area contributed by atoms with Crippen LogP contribution in [0.3, 0.4) is 0 Å². The number of carbonyl (C=O) groups excluding carboxylic acids is 2. The van der Waals surface area contributed by atoms with E-state index in [1.165, 1.54) is 24.3 Å². The molecule has 0 saturated carbocycles. The lowest BCUT2D eigenvalue weighted by molar-refractivity contribution is 0.0947. The molecule has 0 aliphatic rings. The van der Waals surface area contributed by atoms with Crippen LogP contribution in [-0.2, 0) is 11.3 Å². The molecular formula is C21H21FN4O4S. The van der Waals surface area contributed by atoms with Crippen LogP contribution in [0.1, 0.15) is 31.6 Å². The molecule has 8 nitrogen and oxygen atoms in total. The minimum atomic E-state index is -0.441. The summed E-state index contributed by atoms with van der Waals surface area (Å²) in [4.78, 5) is 24.7. The lowest BCUT2D eigenvalue weighted by Crippen LogP contribution is -2.25. The summed E-state index contributed by atoms with van der Waals surface area (Å²) in [5.41, 5.74) is 0.898. The quantitative estimate of drug-likeness (QED) is 0.466. The van der Waals surface area contributed by atoms with Gasteiger partial charge in [-0.25, -0.2) is 4.39 Å². The fraction of sp³-hybridized carbons (Fsp3) is 0.238. The smallest absolute Gasteiger partial charge is 0.286 e. The summed E-state index contributed by atoms with van der Waals surface area (Å²) in [7, 11) is 1.60. The lowest BCUT2D eigenvalue weighted by Gasteiger charge is -2.07. The molecule has 0 radical (unpaired) electrons. The van der Waals surface area contributed by atoms with Gasteiger partial charge in [-0.3, -0.25) is 9.59 Å². The van der Waals surface area contributed by atoms with Gasteiger partial charge in [0.2, 0.25) is 5.01 Å². The first-order valence-corrected chi connectivity index (χ1v) is 10.3. The molecule has 3 rings (SSSR count). The summed E-state index contributed by atoms with van der Waals surface area (Å²) in [6, 6.07) is 12.2. The molecule has 0 aliphatic heterocycles. The zero-order chi connectivity index (χ0) is 22.1. The predicted octanol–water partition coefficient (Wildman–Crippen LogP) is 3.27. The van der Waals surface area contributed by atoms with Crippen molar-refractivity contribution in [1.82, 2.24) is 15.5 Å². The van der Waals surface area contributed by atoms with Crippen molar-refractivity contribution in [3.63, 3.8) is 0 Å². The standard InChI is InChI=1S/C21H21FN4O4S/c1-29-11-3-10-23-19(27)14-4-2-5-16(12-14)24-20(28)21-26-25-18(31-21)13-30-17-8-6-15(22)7-9-17/h2,4-9,12H,3,10-11,13H2,1H3,(H,23,27)(H,24,28). The first-order valence-electron chi connectivity index (χ1n) is 9.44. The number of hydrogen-bond donors (Lipinski definition) is 2. The molecule has 2 aromatic carbocycles. The van der Waals surface area contributed by atoms with E-state index >= 15 is 0 Å². The normalized spacial score (nSPS) is 10.5. The Bertz CT molecular complexity index is 1030. The van der Waals surface area contributed by atoms with Gasteiger partial charge in [0.15, 0.2) is 5.01 Å². The SMILES string of the molecule is COCCCNC(=O)c1cccc(NC(=O)c2nnc(COc3ccc(F)cc3)s2)c1. The molecule has 0 aliphatic carbocycles. The fourth-order valence-electron chi connectivity index (χ4n) is 2.52. The molecule has 162 valence electrons. The van der Waals surface area contributed by atoms with Gasteiger partial charge in [-0.15, -0.1) is 10.2 Å². The van der Waals surface area contributed by atoms with Gasteiger partial charge in [-0.1, -0.05) is 17.4 Å². The van der Waals surface area contributed by atoms with Crippen molar-refractivity contribution >= 4 is 28.8 Å². The summed E-state index contributed by atoms with van der Waals surface area (Å²) in [5.74, 6) is -0.540. The number of halogens is 1. The van der Waals surface area contributed by atoms with Gasteiger partial charge in [-0.2, -0.15) is 0 Å². The number of nitrogens with one attached hydrogen (secondary N) is 2. The molecule has 2 N–H and O–H groups in total. The van der Waals surface area contributed by atoms with E-state index in [9.17, 15) is 14.0 Å². The van der Waals surface area contributed by atoms with Crippen LogP contribution >= 0.6 is 11.3 Å². The number of anilines is 1. The Morgan fingerprint density at radius 2 is 1.90 bits per heavy atom. The maximum absolute atomic E-state index is 12.9. The average molecular weight is 444 g/mol. The van der Waals surface area contributed by atoms with Crippen molar-refractivity contribution in [2.24, 2.45) is 0 Å². The van der Waals surface area contributed by atoms with Crippen molar-refractivity contribution < 1.29 is 23.5 Å². The van der Waals surface area contributed by atoms with E-state index in [-0.39, 0.29) is 23.3 Å². The van der Waals surface area contributed by atoms with Crippen LogP contribution in [0.2, 0.25) is 0 Å². The van der Waals surface area contributed by atoms with Gasteiger partial charge in [0.25, 0.3) is 11.8 Å². The topological polar surface area (TPSA) is 102 Å². The molecule has 1 aromatic heterocycles. The number of aromatic nitrogens is 2. The summed E-state index contributed by atoms with van der Waals surface area (Å²) in [6.07, 6.45) is 0.711. The van der Waals surface area contributed by atoms with Crippen LogP contribution in [0.25, 0.3) is 0 Å². The second-order valence-corrected chi connectivity index (χ2v) is 7.44. The Labute approximate surface area is 182 Å². The van der Waals surface area contributed by atoms with Gasteiger partial charge in [-0.05, 0) is 48.9 Å². The number of amides is 2. The van der Waals surface area contributed by atoms with Crippen LogP contribution in [0.15, 0.2) is 48.5 Å². The second-order valence-electron chi connectivity index (χ2n) is 6.38. The van der Waals surface area contributed by atoms with Gasteiger partial charge >= 0.3 is 0 Å². The predicted molar refractivity (Wildman–Crippen MR) is 114 cm³/mol. The van der Waals surface area contributed by atoms with Crippen molar-refractivity contribution in [2.75, 3.05) is 25.6 Å². The third kappa shape index (κ3) is 6.83. The minimum absolute atomic E-state index is 0.106. The number of methoxy groups -OCH3 is 1. The fourth-order valence-corrected chi connectivity index (χ4v) is 3.17. The van der Waals surface area contributed by atoms with Crippen molar-refractivity contribution in [3.8, 4) is 5.75 Å². The average Bonchev–Trinajstić information content (AvgIpc) is 3.26. The van der Waals surface area contributed by atoms with E-state index < -0.39 is 5.91 Å². The number of ether oxygens (including phenoxy) is 2.